The van der Waals surface area contributed by atoms with Crippen molar-refractivity contribution in [3.63, 3.8) is 0 Å². The largest absolute Gasteiger partial charge is 0.332 e. The highest BCUT2D eigenvalue weighted by atomic mass is 35.5. The third-order valence-corrected chi connectivity index (χ3v) is 4.29. The van der Waals surface area contributed by atoms with Gasteiger partial charge in [0.15, 0.2) is 6.54 Å². The van der Waals surface area contributed by atoms with Crippen LogP contribution in [0.3, 0.4) is 0 Å². The van der Waals surface area contributed by atoms with Gasteiger partial charge in [0.2, 0.25) is 5.91 Å². The van der Waals surface area contributed by atoms with Crippen molar-refractivity contribution in [2.45, 2.75) is 19.9 Å². The van der Waals surface area contributed by atoms with Gasteiger partial charge in [0, 0.05) is 23.9 Å². The predicted molar refractivity (Wildman–Crippen MR) is 101 cm³/mol. The quantitative estimate of drug-likeness (QED) is 0.652. The molecule has 1 atom stereocenters. The third kappa shape index (κ3) is 5.69. The van der Waals surface area contributed by atoms with Gasteiger partial charge in [0.25, 0.3) is 5.91 Å². The zero-order chi connectivity index (χ0) is 19.3. The molecule has 0 spiro atoms. The zero-order valence-electron chi connectivity index (χ0n) is 14.3. The molecule has 26 heavy (non-hydrogen) atoms. The summed E-state index contributed by atoms with van der Waals surface area (Å²) in [5.41, 5.74) is 1.83. The van der Waals surface area contributed by atoms with Gasteiger partial charge in [0.1, 0.15) is 11.9 Å². The van der Waals surface area contributed by atoms with Gasteiger partial charge in [-0.15, -0.1) is 0 Å². The fourth-order valence-electron chi connectivity index (χ4n) is 2.35. The van der Waals surface area contributed by atoms with Gasteiger partial charge in [-0.3, -0.25) is 9.59 Å². The Morgan fingerprint density at radius 1 is 1.08 bits per heavy atom. The minimum absolute atomic E-state index is 0.0357. The molecular formula is C18H19Cl2FN3O2+. The van der Waals surface area contributed by atoms with Crippen LogP contribution in [0.2, 0.25) is 10.0 Å². The molecule has 2 aromatic carbocycles. The number of carbonyl (C=O) groups excluding carboxylic acids is 2. The number of nitrogens with two attached hydrogens (primary N) is 1. The topological polar surface area (TPSA) is 74.8 Å². The van der Waals surface area contributed by atoms with Gasteiger partial charge in [-0.2, -0.15) is 0 Å². The van der Waals surface area contributed by atoms with Crippen molar-refractivity contribution in [2.75, 3.05) is 17.2 Å². The Morgan fingerprint density at radius 3 is 2.23 bits per heavy atom. The monoisotopic (exact) mass is 398 g/mol. The minimum atomic E-state index is -0.546. The summed E-state index contributed by atoms with van der Waals surface area (Å²) in [7, 11) is 0. The molecule has 0 heterocycles. The number of hydrogen-bond acceptors (Lipinski definition) is 2. The van der Waals surface area contributed by atoms with E-state index in [1.807, 2.05) is 6.92 Å². The van der Waals surface area contributed by atoms with E-state index in [9.17, 15) is 14.0 Å². The van der Waals surface area contributed by atoms with E-state index in [1.165, 1.54) is 19.1 Å². The summed E-state index contributed by atoms with van der Waals surface area (Å²) in [5, 5.41) is 7.47. The average Bonchev–Trinajstić information content (AvgIpc) is 2.57. The van der Waals surface area contributed by atoms with Crippen LogP contribution in [-0.4, -0.2) is 18.4 Å². The van der Waals surface area contributed by atoms with E-state index < -0.39 is 5.82 Å². The smallest absolute Gasteiger partial charge is 0.279 e. The van der Waals surface area contributed by atoms with E-state index >= 15 is 0 Å². The molecule has 8 heteroatoms. The number of amides is 2. The summed E-state index contributed by atoms with van der Waals surface area (Å²) in [6, 6.07) is 9.19. The van der Waals surface area contributed by atoms with E-state index in [2.05, 4.69) is 10.6 Å². The van der Waals surface area contributed by atoms with Crippen LogP contribution in [0.1, 0.15) is 25.5 Å². The molecule has 0 bridgehead atoms. The lowest BCUT2D eigenvalue weighted by Crippen LogP contribution is -2.86. The Hall–Kier alpha value is -2.15. The molecule has 0 fully saturated rings. The first-order chi connectivity index (χ1) is 12.3. The molecular weight excluding hydrogens is 380 g/mol. The third-order valence-electron chi connectivity index (χ3n) is 3.68. The Balaban J connectivity index is 1.90. The number of benzene rings is 2. The normalized spacial score (nSPS) is 11.7. The summed E-state index contributed by atoms with van der Waals surface area (Å²) < 4.78 is 13.6. The standard InChI is InChI=1S/C18H18Cl2FN3O2/c1-10(14-7-17(21)16(20)8-15(14)19)22-9-18(26)24-13-5-3-12(4-6-13)23-11(2)25/h3-8,10,22H,9H2,1-2H3,(H,23,25)(H,24,26)/p+1/t10-/m0/s1. The van der Waals surface area contributed by atoms with Gasteiger partial charge >= 0.3 is 0 Å². The van der Waals surface area contributed by atoms with Crippen LogP contribution < -0.4 is 16.0 Å². The highest BCUT2D eigenvalue weighted by molar-refractivity contribution is 6.35. The number of anilines is 2. The number of quaternary nitrogens is 1. The van der Waals surface area contributed by atoms with Crippen LogP contribution in [0.4, 0.5) is 15.8 Å². The molecule has 0 radical (unpaired) electrons. The van der Waals surface area contributed by atoms with Crippen LogP contribution in [0, 0.1) is 5.82 Å². The predicted octanol–water partition coefficient (Wildman–Crippen LogP) is 3.35. The molecule has 2 aromatic rings. The van der Waals surface area contributed by atoms with E-state index in [0.717, 1.165) is 0 Å². The number of hydrogen-bond donors (Lipinski definition) is 3. The molecule has 0 saturated carbocycles. The lowest BCUT2D eigenvalue weighted by atomic mass is 10.1. The van der Waals surface area contributed by atoms with Gasteiger partial charge < -0.3 is 16.0 Å². The maximum atomic E-state index is 13.6. The summed E-state index contributed by atoms with van der Waals surface area (Å²) >= 11 is 11.8. The van der Waals surface area contributed by atoms with E-state index in [-0.39, 0.29) is 29.4 Å². The summed E-state index contributed by atoms with van der Waals surface area (Å²) in [6.07, 6.45) is 0. The van der Waals surface area contributed by atoms with Crippen molar-refractivity contribution in [2.24, 2.45) is 0 Å². The maximum absolute atomic E-state index is 13.6. The number of rotatable bonds is 6. The first-order valence-electron chi connectivity index (χ1n) is 7.91. The van der Waals surface area contributed by atoms with Crippen LogP contribution in [0.15, 0.2) is 36.4 Å². The van der Waals surface area contributed by atoms with Crippen molar-refractivity contribution in [3.05, 3.63) is 57.8 Å². The van der Waals surface area contributed by atoms with Gasteiger partial charge in [-0.25, -0.2) is 4.39 Å². The number of nitrogens with one attached hydrogen (secondary N) is 2. The van der Waals surface area contributed by atoms with Crippen LogP contribution >= 0.6 is 23.2 Å². The van der Waals surface area contributed by atoms with E-state index in [4.69, 9.17) is 23.2 Å². The average molecular weight is 399 g/mol. The summed E-state index contributed by atoms with van der Waals surface area (Å²) in [6.45, 7) is 3.38. The minimum Gasteiger partial charge on any atom is -0.332 e. The first kappa shape index (κ1) is 20.2. The Morgan fingerprint density at radius 2 is 1.65 bits per heavy atom. The van der Waals surface area contributed by atoms with E-state index in [0.29, 0.717) is 22.0 Å². The first-order valence-corrected chi connectivity index (χ1v) is 8.67. The molecule has 0 unspecified atom stereocenters. The Labute approximate surface area is 160 Å². The van der Waals surface area contributed by atoms with Gasteiger partial charge in [-0.05, 0) is 43.3 Å². The maximum Gasteiger partial charge on any atom is 0.279 e. The van der Waals surface area contributed by atoms with Crippen LogP contribution in [-0.2, 0) is 9.59 Å². The fraction of sp³-hybridized carbons (Fsp3) is 0.222. The number of halogens is 3. The zero-order valence-corrected chi connectivity index (χ0v) is 15.8. The van der Waals surface area contributed by atoms with Crippen molar-refractivity contribution >= 4 is 46.4 Å². The van der Waals surface area contributed by atoms with Crippen molar-refractivity contribution in [3.8, 4) is 0 Å². The Kier molecular flexibility index (Phi) is 6.97. The molecule has 138 valence electrons. The van der Waals surface area contributed by atoms with Crippen LogP contribution in [0.5, 0.6) is 0 Å². The highest BCUT2D eigenvalue weighted by Crippen LogP contribution is 2.27. The van der Waals surface area contributed by atoms with Gasteiger partial charge in [-0.1, -0.05) is 23.2 Å². The molecule has 5 nitrogen and oxygen atoms in total. The molecule has 2 rings (SSSR count). The van der Waals surface area contributed by atoms with Crippen LogP contribution in [0.25, 0.3) is 0 Å². The lowest BCUT2D eigenvalue weighted by molar-refractivity contribution is -0.682. The summed E-state index contributed by atoms with van der Waals surface area (Å²) in [4.78, 5) is 23.1. The highest BCUT2D eigenvalue weighted by Gasteiger charge is 2.17. The molecule has 0 aromatic heterocycles. The second-order valence-electron chi connectivity index (χ2n) is 5.82. The summed E-state index contributed by atoms with van der Waals surface area (Å²) in [5.74, 6) is -0.924. The van der Waals surface area contributed by atoms with Gasteiger partial charge in [0.05, 0.1) is 10.0 Å². The van der Waals surface area contributed by atoms with Crippen molar-refractivity contribution in [1.29, 1.82) is 0 Å². The molecule has 0 aliphatic heterocycles. The Bertz CT molecular complexity index is 813. The molecule has 0 aliphatic carbocycles. The number of carbonyl (C=O) groups is 2. The van der Waals surface area contributed by atoms with Crippen molar-refractivity contribution < 1.29 is 19.3 Å². The van der Waals surface area contributed by atoms with Crippen molar-refractivity contribution in [1.82, 2.24) is 0 Å². The molecule has 0 saturated heterocycles. The second-order valence-corrected chi connectivity index (χ2v) is 6.64. The van der Waals surface area contributed by atoms with E-state index in [1.54, 1.807) is 29.6 Å². The SMILES string of the molecule is CC(=O)Nc1ccc(NC(=O)C[NH2+][C@@H](C)c2cc(F)c(Cl)cc2Cl)cc1. The second kappa shape index (κ2) is 8.98. The molecule has 4 N–H and O–H groups in total. The molecule has 0 aliphatic rings. The molecule has 2 amide bonds. The lowest BCUT2D eigenvalue weighted by Gasteiger charge is -2.13. The fourth-order valence-corrected chi connectivity index (χ4v) is 2.91.